The molecule has 0 amide bonds. The van der Waals surface area contributed by atoms with Crippen LogP contribution in [0.5, 0.6) is 0 Å². The van der Waals surface area contributed by atoms with Crippen molar-refractivity contribution in [1.29, 1.82) is 0 Å². The van der Waals surface area contributed by atoms with Crippen molar-refractivity contribution in [3.63, 3.8) is 0 Å². The van der Waals surface area contributed by atoms with Crippen LogP contribution in [0, 0.1) is 11.6 Å². The molecule has 0 heterocycles. The van der Waals surface area contributed by atoms with Crippen molar-refractivity contribution >= 4 is 17.3 Å². The molecule has 0 aliphatic heterocycles. The Morgan fingerprint density at radius 2 is 1.89 bits per heavy atom. The van der Waals surface area contributed by atoms with E-state index in [4.69, 9.17) is 11.6 Å². The first-order chi connectivity index (χ1) is 8.58. The third-order valence-corrected chi connectivity index (χ3v) is 3.61. The van der Waals surface area contributed by atoms with Gasteiger partial charge in [0.1, 0.15) is 5.82 Å². The lowest BCUT2D eigenvalue weighted by Gasteiger charge is -2.23. The quantitative estimate of drug-likeness (QED) is 0.806. The third kappa shape index (κ3) is 3.12. The molecule has 2 nitrogen and oxygen atoms in total. The summed E-state index contributed by atoms with van der Waals surface area (Å²) in [5, 5.41) is 12.9. The summed E-state index contributed by atoms with van der Waals surface area (Å²) in [7, 11) is 0. The average Bonchev–Trinajstić information content (AvgIpc) is 2.49. The van der Waals surface area contributed by atoms with Crippen molar-refractivity contribution in [3.8, 4) is 0 Å². The van der Waals surface area contributed by atoms with Crippen LogP contribution in [0.2, 0.25) is 5.02 Å². The monoisotopic (exact) mass is 275 g/mol. The van der Waals surface area contributed by atoms with Crippen molar-refractivity contribution in [2.45, 2.75) is 44.2 Å². The van der Waals surface area contributed by atoms with Gasteiger partial charge in [0, 0.05) is 6.07 Å². The predicted molar refractivity (Wildman–Crippen MR) is 67.9 cm³/mol. The molecule has 2 atom stereocenters. The summed E-state index contributed by atoms with van der Waals surface area (Å²) >= 11 is 5.82. The SMILES string of the molecule is OC1CCCCCC1Nc1c(F)cc(F)cc1Cl. The number of aliphatic hydroxyl groups is 1. The van der Waals surface area contributed by atoms with Gasteiger partial charge in [-0.1, -0.05) is 30.9 Å². The Kier molecular flexibility index (Phi) is 4.40. The Labute approximate surface area is 110 Å². The molecule has 1 aliphatic carbocycles. The molecule has 2 N–H and O–H groups in total. The minimum atomic E-state index is -0.726. The zero-order valence-electron chi connectivity index (χ0n) is 9.93. The van der Waals surface area contributed by atoms with Gasteiger partial charge in [-0.3, -0.25) is 0 Å². The van der Waals surface area contributed by atoms with Gasteiger partial charge in [0.05, 0.1) is 22.9 Å². The molecule has 1 aromatic rings. The molecule has 1 aromatic carbocycles. The number of halogens is 3. The molecule has 1 fully saturated rings. The molecule has 1 aliphatic rings. The summed E-state index contributed by atoms with van der Waals surface area (Å²) in [4.78, 5) is 0. The van der Waals surface area contributed by atoms with Crippen molar-refractivity contribution in [1.82, 2.24) is 0 Å². The highest BCUT2D eigenvalue weighted by molar-refractivity contribution is 6.33. The highest BCUT2D eigenvalue weighted by atomic mass is 35.5. The van der Waals surface area contributed by atoms with E-state index in [0.29, 0.717) is 6.42 Å². The maximum absolute atomic E-state index is 13.6. The summed E-state index contributed by atoms with van der Waals surface area (Å²) in [5.41, 5.74) is 0.0732. The standard InChI is InChI=1S/C13H16ClF2NO/c14-9-6-8(15)7-10(16)13(9)17-11-4-2-1-3-5-12(11)18/h6-7,11-12,17-18H,1-5H2. The molecular formula is C13H16ClF2NO. The Bertz CT molecular complexity index is 404. The van der Waals surface area contributed by atoms with E-state index in [1.807, 2.05) is 0 Å². The van der Waals surface area contributed by atoms with Gasteiger partial charge in [-0.2, -0.15) is 0 Å². The number of nitrogens with one attached hydrogen (secondary N) is 1. The molecule has 0 aromatic heterocycles. The molecule has 0 spiro atoms. The average molecular weight is 276 g/mol. The van der Waals surface area contributed by atoms with Gasteiger partial charge >= 0.3 is 0 Å². The largest absolute Gasteiger partial charge is 0.391 e. The highest BCUT2D eigenvalue weighted by Crippen LogP contribution is 2.29. The van der Waals surface area contributed by atoms with Gasteiger partial charge in [0.15, 0.2) is 5.82 Å². The van der Waals surface area contributed by atoms with Crippen LogP contribution in [0.1, 0.15) is 32.1 Å². The van der Waals surface area contributed by atoms with Crippen LogP contribution < -0.4 is 5.32 Å². The maximum Gasteiger partial charge on any atom is 0.150 e. The smallest absolute Gasteiger partial charge is 0.150 e. The Morgan fingerprint density at radius 1 is 1.17 bits per heavy atom. The van der Waals surface area contributed by atoms with E-state index in [9.17, 15) is 13.9 Å². The summed E-state index contributed by atoms with van der Waals surface area (Å²) in [6.07, 6.45) is 3.95. The first kappa shape index (κ1) is 13.6. The molecular weight excluding hydrogens is 260 g/mol. The van der Waals surface area contributed by atoms with E-state index >= 15 is 0 Å². The van der Waals surface area contributed by atoms with Gasteiger partial charge < -0.3 is 10.4 Å². The van der Waals surface area contributed by atoms with Crippen molar-refractivity contribution in [2.24, 2.45) is 0 Å². The second-order valence-corrected chi connectivity index (χ2v) is 5.11. The number of hydrogen-bond acceptors (Lipinski definition) is 2. The second-order valence-electron chi connectivity index (χ2n) is 4.70. The van der Waals surface area contributed by atoms with Crippen LogP contribution in [0.15, 0.2) is 12.1 Å². The van der Waals surface area contributed by atoms with Gasteiger partial charge in [-0.25, -0.2) is 8.78 Å². The third-order valence-electron chi connectivity index (χ3n) is 3.32. The summed E-state index contributed by atoms with van der Waals surface area (Å²) < 4.78 is 26.6. The number of aliphatic hydroxyl groups excluding tert-OH is 1. The first-order valence-corrected chi connectivity index (χ1v) is 6.55. The summed E-state index contributed by atoms with van der Waals surface area (Å²) in [5.74, 6) is -1.43. The summed E-state index contributed by atoms with van der Waals surface area (Å²) in [6.45, 7) is 0. The van der Waals surface area contributed by atoms with Gasteiger partial charge in [0.2, 0.25) is 0 Å². The molecule has 5 heteroatoms. The minimum Gasteiger partial charge on any atom is -0.391 e. The van der Waals surface area contributed by atoms with E-state index in [-0.39, 0.29) is 16.8 Å². The van der Waals surface area contributed by atoms with E-state index in [1.54, 1.807) is 0 Å². The normalized spacial score (nSPS) is 24.7. The van der Waals surface area contributed by atoms with Crippen LogP contribution in [0.3, 0.4) is 0 Å². The second kappa shape index (κ2) is 5.85. The first-order valence-electron chi connectivity index (χ1n) is 6.17. The van der Waals surface area contributed by atoms with Crippen LogP contribution in [0.4, 0.5) is 14.5 Å². The fraction of sp³-hybridized carbons (Fsp3) is 0.538. The van der Waals surface area contributed by atoms with Crippen LogP contribution in [-0.4, -0.2) is 17.3 Å². The topological polar surface area (TPSA) is 32.3 Å². The van der Waals surface area contributed by atoms with Crippen LogP contribution in [0.25, 0.3) is 0 Å². The van der Waals surface area contributed by atoms with E-state index in [0.717, 1.165) is 37.8 Å². The zero-order chi connectivity index (χ0) is 13.1. The molecule has 2 rings (SSSR count). The molecule has 2 unspecified atom stereocenters. The minimum absolute atomic E-state index is 0.00365. The lowest BCUT2D eigenvalue weighted by Crippen LogP contribution is -2.32. The maximum atomic E-state index is 13.6. The molecule has 100 valence electrons. The molecule has 18 heavy (non-hydrogen) atoms. The zero-order valence-corrected chi connectivity index (χ0v) is 10.7. The van der Waals surface area contributed by atoms with Crippen molar-refractivity contribution < 1.29 is 13.9 Å². The number of anilines is 1. The van der Waals surface area contributed by atoms with Crippen molar-refractivity contribution in [2.75, 3.05) is 5.32 Å². The molecule has 0 bridgehead atoms. The fourth-order valence-corrected chi connectivity index (χ4v) is 2.57. The van der Waals surface area contributed by atoms with E-state index in [2.05, 4.69) is 5.32 Å². The fourth-order valence-electron chi connectivity index (χ4n) is 2.32. The molecule has 0 radical (unpaired) electrons. The lowest BCUT2D eigenvalue weighted by atomic mass is 10.1. The Hall–Kier alpha value is -0.870. The number of benzene rings is 1. The van der Waals surface area contributed by atoms with Gasteiger partial charge in [-0.05, 0) is 18.9 Å². The lowest BCUT2D eigenvalue weighted by molar-refractivity contribution is 0.144. The van der Waals surface area contributed by atoms with Crippen LogP contribution >= 0.6 is 11.6 Å². The Balaban J connectivity index is 2.17. The number of hydrogen-bond donors (Lipinski definition) is 2. The van der Waals surface area contributed by atoms with Gasteiger partial charge in [-0.15, -0.1) is 0 Å². The molecule has 0 saturated heterocycles. The number of rotatable bonds is 2. The van der Waals surface area contributed by atoms with Gasteiger partial charge in [0.25, 0.3) is 0 Å². The highest BCUT2D eigenvalue weighted by Gasteiger charge is 2.23. The summed E-state index contributed by atoms with van der Waals surface area (Å²) in [6, 6.07) is 1.62. The predicted octanol–water partition coefficient (Wildman–Crippen LogP) is 3.72. The van der Waals surface area contributed by atoms with Crippen LogP contribution in [-0.2, 0) is 0 Å². The van der Waals surface area contributed by atoms with E-state index in [1.165, 1.54) is 0 Å². The van der Waals surface area contributed by atoms with Crippen molar-refractivity contribution in [3.05, 3.63) is 28.8 Å². The molecule has 1 saturated carbocycles. The Morgan fingerprint density at radius 3 is 2.61 bits per heavy atom. The van der Waals surface area contributed by atoms with E-state index < -0.39 is 17.7 Å².